The van der Waals surface area contributed by atoms with Gasteiger partial charge in [-0.3, -0.25) is 4.79 Å². The molecule has 0 aromatic heterocycles. The maximum atomic E-state index is 12.6. The fraction of sp³-hybridized carbons (Fsp3) is 0.286. The lowest BCUT2D eigenvalue weighted by atomic mass is 10.2. The number of sulfonamides is 1. The van der Waals surface area contributed by atoms with Crippen molar-refractivity contribution in [2.45, 2.75) is 24.4 Å². The minimum absolute atomic E-state index is 0.0655. The highest BCUT2D eigenvalue weighted by molar-refractivity contribution is 7.89. The maximum absolute atomic E-state index is 12.6. The first-order valence-corrected chi connectivity index (χ1v) is 10.5. The number of hydrogen-bond donors (Lipinski definition) is 1. The molecule has 8 heteroatoms. The number of likely N-dealkylation sites (N-methyl/N-ethyl adjacent to an activating group) is 1. The van der Waals surface area contributed by atoms with Crippen molar-refractivity contribution in [3.63, 3.8) is 0 Å². The molecule has 0 bridgehead atoms. The van der Waals surface area contributed by atoms with Crippen LogP contribution in [-0.2, 0) is 21.4 Å². The molecular weight excluding hydrogens is 392 g/mol. The van der Waals surface area contributed by atoms with Crippen LogP contribution in [0.4, 0.5) is 0 Å². The third-order valence-electron chi connectivity index (χ3n) is 4.16. The molecule has 1 atom stereocenters. The Balaban J connectivity index is 1.98. The van der Waals surface area contributed by atoms with Gasteiger partial charge in [-0.15, -0.1) is 0 Å². The second-order valence-electron chi connectivity index (χ2n) is 6.46. The molecule has 0 aliphatic carbocycles. The van der Waals surface area contributed by atoms with Crippen molar-refractivity contribution in [2.24, 2.45) is 0 Å². The van der Waals surface area contributed by atoms with Crippen LogP contribution in [0, 0.1) is 0 Å². The fourth-order valence-electron chi connectivity index (χ4n) is 2.63. The van der Waals surface area contributed by atoms with E-state index in [1.165, 1.54) is 31.1 Å². The second-order valence-corrected chi connectivity index (χ2v) is 8.17. The van der Waals surface area contributed by atoms with Crippen molar-refractivity contribution in [1.29, 1.82) is 0 Å². The fourth-order valence-corrected chi connectivity index (χ4v) is 3.83. The number of hydrogen-bond acceptors (Lipinski definition) is 5. The average molecular weight is 419 g/mol. The van der Waals surface area contributed by atoms with E-state index in [2.05, 4.69) is 11.3 Å². The molecule has 2 aromatic carbocycles. The Morgan fingerprint density at radius 1 is 1.14 bits per heavy atom. The third kappa shape index (κ3) is 6.33. The monoisotopic (exact) mass is 418 g/mol. The molecule has 0 heterocycles. The largest absolute Gasteiger partial charge is 0.497 e. The van der Waals surface area contributed by atoms with Gasteiger partial charge in [-0.2, -0.15) is 4.72 Å². The van der Waals surface area contributed by atoms with Gasteiger partial charge < -0.3 is 14.4 Å². The Bertz CT molecular complexity index is 925. The molecule has 1 N–H and O–H groups in total. The molecule has 2 aromatic rings. The first-order valence-electron chi connectivity index (χ1n) is 9.01. The van der Waals surface area contributed by atoms with Gasteiger partial charge >= 0.3 is 0 Å². The van der Waals surface area contributed by atoms with Gasteiger partial charge in [-0.1, -0.05) is 24.8 Å². The summed E-state index contributed by atoms with van der Waals surface area (Å²) in [5.41, 5.74) is 0.900. The van der Waals surface area contributed by atoms with Crippen molar-refractivity contribution in [3.05, 3.63) is 66.7 Å². The molecule has 0 saturated carbocycles. The van der Waals surface area contributed by atoms with E-state index >= 15 is 0 Å². The highest BCUT2D eigenvalue weighted by Crippen LogP contribution is 2.17. The number of ether oxygens (including phenoxy) is 2. The van der Waals surface area contributed by atoms with Crippen LogP contribution < -0.4 is 14.2 Å². The summed E-state index contributed by atoms with van der Waals surface area (Å²) in [5.74, 6) is 0.922. The van der Waals surface area contributed by atoms with Gasteiger partial charge in [0.05, 0.1) is 18.0 Å². The first-order chi connectivity index (χ1) is 13.8. The van der Waals surface area contributed by atoms with Gasteiger partial charge in [-0.25, -0.2) is 8.42 Å². The van der Waals surface area contributed by atoms with E-state index in [1.807, 2.05) is 24.3 Å². The number of amides is 1. The lowest BCUT2D eigenvalue weighted by Crippen LogP contribution is -2.45. The van der Waals surface area contributed by atoms with E-state index in [9.17, 15) is 13.2 Å². The van der Waals surface area contributed by atoms with Gasteiger partial charge in [0, 0.05) is 13.6 Å². The van der Waals surface area contributed by atoms with Gasteiger partial charge in [0.1, 0.15) is 18.1 Å². The van der Waals surface area contributed by atoms with Crippen LogP contribution in [0.15, 0.2) is 66.1 Å². The van der Waals surface area contributed by atoms with E-state index in [0.717, 1.165) is 5.56 Å². The molecular formula is C21H26N2O5S. The normalized spacial score (nSPS) is 12.1. The molecule has 0 fully saturated rings. The number of benzene rings is 2. The average Bonchev–Trinajstić information content (AvgIpc) is 2.72. The van der Waals surface area contributed by atoms with Crippen LogP contribution in [0.3, 0.4) is 0 Å². The summed E-state index contributed by atoms with van der Waals surface area (Å²) >= 11 is 0. The zero-order chi connectivity index (χ0) is 21.4. The molecule has 0 radical (unpaired) electrons. The zero-order valence-corrected chi connectivity index (χ0v) is 17.6. The van der Waals surface area contributed by atoms with Crippen LogP contribution >= 0.6 is 0 Å². The van der Waals surface area contributed by atoms with Crippen molar-refractivity contribution in [3.8, 4) is 11.5 Å². The summed E-state index contributed by atoms with van der Waals surface area (Å²) in [6, 6.07) is 12.4. The summed E-state index contributed by atoms with van der Waals surface area (Å²) in [6.07, 6.45) is 1.66. The molecule has 0 spiro atoms. The minimum atomic E-state index is -3.83. The quantitative estimate of drug-likeness (QED) is 0.600. The SMILES string of the molecule is C=CCOc1ccc(CN(C)C(=O)[C@H](C)NS(=O)(=O)c2ccc(OC)cc2)cc1. The van der Waals surface area contributed by atoms with E-state index < -0.39 is 16.1 Å². The molecule has 0 aliphatic rings. The molecule has 29 heavy (non-hydrogen) atoms. The van der Waals surface area contributed by atoms with Crippen LogP contribution in [0.5, 0.6) is 11.5 Å². The third-order valence-corrected chi connectivity index (χ3v) is 5.72. The van der Waals surface area contributed by atoms with Gasteiger partial charge in [0.25, 0.3) is 0 Å². The number of carbonyl (C=O) groups excluding carboxylic acids is 1. The minimum Gasteiger partial charge on any atom is -0.497 e. The number of carbonyl (C=O) groups is 1. The predicted molar refractivity (Wildman–Crippen MR) is 111 cm³/mol. The molecule has 0 unspecified atom stereocenters. The zero-order valence-electron chi connectivity index (χ0n) is 16.8. The topological polar surface area (TPSA) is 84.9 Å². The Hall–Kier alpha value is -2.84. The Labute approximate surface area is 172 Å². The molecule has 0 aliphatic heterocycles. The summed E-state index contributed by atoms with van der Waals surface area (Å²) in [6.45, 7) is 5.88. The highest BCUT2D eigenvalue weighted by atomic mass is 32.2. The summed E-state index contributed by atoms with van der Waals surface area (Å²) in [4.78, 5) is 14.1. The Kier molecular flexibility index (Phi) is 7.81. The molecule has 156 valence electrons. The number of nitrogens with one attached hydrogen (secondary N) is 1. The van der Waals surface area contributed by atoms with Crippen LogP contribution in [0.25, 0.3) is 0 Å². The molecule has 1 amide bonds. The van der Waals surface area contributed by atoms with Crippen molar-refractivity contribution in [2.75, 3.05) is 20.8 Å². The molecule has 7 nitrogen and oxygen atoms in total. The first kappa shape index (κ1) is 22.4. The lowest BCUT2D eigenvalue weighted by Gasteiger charge is -2.22. The number of nitrogens with zero attached hydrogens (tertiary/aromatic N) is 1. The predicted octanol–water partition coefficient (Wildman–Crippen LogP) is 2.59. The van der Waals surface area contributed by atoms with E-state index in [-0.39, 0.29) is 10.8 Å². The summed E-state index contributed by atoms with van der Waals surface area (Å²) in [7, 11) is -0.700. The van der Waals surface area contributed by atoms with Crippen molar-refractivity contribution < 1.29 is 22.7 Å². The standard InChI is InChI=1S/C21H26N2O5S/c1-5-14-28-19-8-6-17(7-9-19)15-23(3)21(24)16(2)22-29(25,26)20-12-10-18(27-4)11-13-20/h5-13,16,22H,1,14-15H2,2-4H3/t16-/m0/s1. The van der Waals surface area contributed by atoms with Crippen LogP contribution in [0.2, 0.25) is 0 Å². The van der Waals surface area contributed by atoms with Crippen LogP contribution in [-0.4, -0.2) is 46.0 Å². The van der Waals surface area contributed by atoms with Gasteiger partial charge in [0.2, 0.25) is 15.9 Å². The summed E-state index contributed by atoms with van der Waals surface area (Å²) < 4.78 is 37.9. The molecule has 2 rings (SSSR count). The van der Waals surface area contributed by atoms with Crippen molar-refractivity contribution >= 4 is 15.9 Å². The molecule has 0 saturated heterocycles. The Morgan fingerprint density at radius 2 is 1.72 bits per heavy atom. The lowest BCUT2D eigenvalue weighted by molar-refractivity contribution is -0.131. The van der Waals surface area contributed by atoms with Crippen molar-refractivity contribution in [1.82, 2.24) is 9.62 Å². The Morgan fingerprint density at radius 3 is 2.28 bits per heavy atom. The second kappa shape index (κ2) is 10.1. The highest BCUT2D eigenvalue weighted by Gasteiger charge is 2.24. The number of methoxy groups -OCH3 is 1. The van der Waals surface area contributed by atoms with E-state index in [1.54, 1.807) is 25.3 Å². The van der Waals surface area contributed by atoms with Gasteiger partial charge in [-0.05, 0) is 48.9 Å². The van der Waals surface area contributed by atoms with E-state index in [0.29, 0.717) is 24.7 Å². The van der Waals surface area contributed by atoms with Gasteiger partial charge in [0.15, 0.2) is 0 Å². The van der Waals surface area contributed by atoms with E-state index in [4.69, 9.17) is 9.47 Å². The smallest absolute Gasteiger partial charge is 0.241 e. The summed E-state index contributed by atoms with van der Waals surface area (Å²) in [5, 5.41) is 0. The maximum Gasteiger partial charge on any atom is 0.241 e. The number of rotatable bonds is 10. The van der Waals surface area contributed by atoms with Crippen LogP contribution in [0.1, 0.15) is 12.5 Å².